The molecule has 2 atom stereocenters. The number of nitrogens with one attached hydrogen (secondary N) is 1. The molecule has 2 saturated heterocycles. The first kappa shape index (κ1) is 26.3. The van der Waals surface area contributed by atoms with Crippen LogP contribution >= 0.6 is 0 Å². The molecule has 0 aromatic heterocycles. The van der Waals surface area contributed by atoms with Gasteiger partial charge in [-0.05, 0) is 50.5 Å². The monoisotopic (exact) mass is 542 g/mol. The molecular weight excluding hydrogens is 508 g/mol. The minimum absolute atomic E-state index is 0.0113. The number of rotatable bonds is 5. The maximum absolute atomic E-state index is 13.7. The molecule has 10 nitrogen and oxygen atoms in total. The van der Waals surface area contributed by atoms with Crippen molar-refractivity contribution in [3.63, 3.8) is 0 Å². The number of hydrogen-bond acceptors (Lipinski definition) is 7. The van der Waals surface area contributed by atoms with Gasteiger partial charge < -0.3 is 24.6 Å². The number of sulfonamides is 1. The van der Waals surface area contributed by atoms with Crippen LogP contribution in [0.1, 0.15) is 25.3 Å². The van der Waals surface area contributed by atoms with Crippen LogP contribution in [-0.4, -0.2) is 81.9 Å². The maximum atomic E-state index is 13.7. The molecule has 2 aromatic carbocycles. The molecule has 38 heavy (non-hydrogen) atoms. The number of anilines is 2. The summed E-state index contributed by atoms with van der Waals surface area (Å²) in [5.74, 6) is 0.492. The summed E-state index contributed by atoms with van der Waals surface area (Å²) in [5, 5.41) is 2.75. The third kappa shape index (κ3) is 5.04. The lowest BCUT2D eigenvalue weighted by Crippen LogP contribution is -2.53. The van der Waals surface area contributed by atoms with Gasteiger partial charge in [0.2, 0.25) is 15.9 Å². The van der Waals surface area contributed by atoms with Crippen molar-refractivity contribution in [3.8, 4) is 11.5 Å². The number of benzene rings is 2. The van der Waals surface area contributed by atoms with Crippen molar-refractivity contribution >= 4 is 33.2 Å². The van der Waals surface area contributed by atoms with Gasteiger partial charge in [0.1, 0.15) is 11.5 Å². The zero-order chi connectivity index (χ0) is 27.0. The zero-order valence-electron chi connectivity index (χ0n) is 22.0. The van der Waals surface area contributed by atoms with Gasteiger partial charge in [0.25, 0.3) is 5.91 Å². The van der Waals surface area contributed by atoms with Crippen molar-refractivity contribution in [3.05, 3.63) is 42.0 Å². The van der Waals surface area contributed by atoms with E-state index in [2.05, 4.69) is 10.2 Å². The second-order valence-electron chi connectivity index (χ2n) is 10.1. The van der Waals surface area contributed by atoms with E-state index in [-0.39, 0.29) is 29.2 Å². The van der Waals surface area contributed by atoms with E-state index in [1.807, 2.05) is 29.2 Å². The number of fused-ring (bicyclic) bond motifs is 1. The summed E-state index contributed by atoms with van der Waals surface area (Å²) in [6.45, 7) is 6.42. The van der Waals surface area contributed by atoms with Crippen molar-refractivity contribution in [1.29, 1.82) is 0 Å². The summed E-state index contributed by atoms with van der Waals surface area (Å²) in [6, 6.07) is 11.0. The highest BCUT2D eigenvalue weighted by molar-refractivity contribution is 7.89. The number of ether oxygens (including phenoxy) is 2. The molecule has 3 aliphatic heterocycles. The van der Waals surface area contributed by atoms with Gasteiger partial charge in [-0.25, -0.2) is 8.42 Å². The van der Waals surface area contributed by atoms with Gasteiger partial charge in [0, 0.05) is 57.1 Å². The molecular formula is C27H34N4O6S. The van der Waals surface area contributed by atoms with Gasteiger partial charge in [0.05, 0.1) is 23.6 Å². The van der Waals surface area contributed by atoms with Crippen molar-refractivity contribution in [1.82, 2.24) is 9.21 Å². The predicted molar refractivity (Wildman–Crippen MR) is 143 cm³/mol. The molecule has 2 fully saturated rings. The van der Waals surface area contributed by atoms with E-state index in [1.54, 1.807) is 27.0 Å². The number of carbonyl (C=O) groups excluding carboxylic acids is 2. The largest absolute Gasteiger partial charge is 0.497 e. The number of piperazine rings is 1. The van der Waals surface area contributed by atoms with Gasteiger partial charge in [-0.3, -0.25) is 9.59 Å². The fraction of sp³-hybridized carbons (Fsp3) is 0.481. The van der Waals surface area contributed by atoms with Crippen LogP contribution in [0.3, 0.4) is 0 Å². The molecule has 3 heterocycles. The highest BCUT2D eigenvalue weighted by Gasteiger charge is 2.37. The second kappa shape index (κ2) is 10.5. The van der Waals surface area contributed by atoms with E-state index < -0.39 is 16.1 Å². The van der Waals surface area contributed by atoms with Gasteiger partial charge in [-0.15, -0.1) is 0 Å². The second-order valence-corrected chi connectivity index (χ2v) is 12.0. The molecule has 0 radical (unpaired) electrons. The van der Waals surface area contributed by atoms with E-state index in [9.17, 15) is 18.0 Å². The average molecular weight is 543 g/mol. The van der Waals surface area contributed by atoms with Crippen LogP contribution < -0.4 is 19.7 Å². The molecule has 0 spiro atoms. The number of hydrogen-bond donors (Lipinski definition) is 1. The van der Waals surface area contributed by atoms with Crippen molar-refractivity contribution < 1.29 is 27.5 Å². The lowest BCUT2D eigenvalue weighted by molar-refractivity contribution is -0.137. The van der Waals surface area contributed by atoms with Crippen molar-refractivity contribution in [2.75, 3.05) is 56.6 Å². The smallest absolute Gasteiger partial charge is 0.265 e. The summed E-state index contributed by atoms with van der Waals surface area (Å²) >= 11 is 0. The highest BCUT2D eigenvalue weighted by Crippen LogP contribution is 2.36. The normalized spacial score (nSPS) is 22.3. The Kier molecular flexibility index (Phi) is 7.23. The van der Waals surface area contributed by atoms with E-state index in [4.69, 9.17) is 9.47 Å². The Hall–Kier alpha value is -3.31. The first-order chi connectivity index (χ1) is 18.2. The third-order valence-electron chi connectivity index (χ3n) is 7.57. The molecule has 0 saturated carbocycles. The van der Waals surface area contributed by atoms with Crippen molar-refractivity contribution in [2.24, 2.45) is 5.92 Å². The Labute approximate surface area is 223 Å². The van der Waals surface area contributed by atoms with Gasteiger partial charge >= 0.3 is 0 Å². The Morgan fingerprint density at radius 2 is 1.87 bits per heavy atom. The van der Waals surface area contributed by atoms with Crippen LogP contribution in [0.4, 0.5) is 11.4 Å². The zero-order valence-corrected chi connectivity index (χ0v) is 22.8. The molecule has 2 aromatic rings. The molecule has 0 unspecified atom stereocenters. The Morgan fingerprint density at radius 3 is 2.61 bits per heavy atom. The van der Waals surface area contributed by atoms with Crippen LogP contribution in [0.15, 0.2) is 41.3 Å². The third-order valence-corrected chi connectivity index (χ3v) is 9.58. The van der Waals surface area contributed by atoms with Gasteiger partial charge in [0.15, 0.2) is 6.10 Å². The van der Waals surface area contributed by atoms with E-state index in [0.29, 0.717) is 62.6 Å². The summed E-state index contributed by atoms with van der Waals surface area (Å²) in [5.41, 5.74) is 2.04. The molecule has 0 bridgehead atoms. The van der Waals surface area contributed by atoms with Gasteiger partial charge in [-0.1, -0.05) is 6.07 Å². The Morgan fingerprint density at radius 1 is 1.11 bits per heavy atom. The predicted octanol–water partition coefficient (Wildman–Crippen LogP) is 2.47. The number of piperidine rings is 1. The summed E-state index contributed by atoms with van der Waals surface area (Å²) < 4.78 is 39.8. The molecule has 3 aliphatic rings. The van der Waals surface area contributed by atoms with Gasteiger partial charge in [-0.2, -0.15) is 4.31 Å². The van der Waals surface area contributed by atoms with Crippen LogP contribution in [0.25, 0.3) is 0 Å². The fourth-order valence-electron chi connectivity index (χ4n) is 5.37. The lowest BCUT2D eigenvalue weighted by Gasteiger charge is -2.39. The number of carbonyl (C=O) groups is 2. The number of methoxy groups -OCH3 is 1. The summed E-state index contributed by atoms with van der Waals surface area (Å²) in [7, 11) is -2.21. The SMILES string of the molecule is COc1cccc(N2CCN(C(=O)[C@@H]3CCCN(S(=O)(=O)c4cc5c(cc4C)NC(=O)[C@H](C)O5)C3)CC2)c1. The van der Waals surface area contributed by atoms with Crippen LogP contribution in [0.2, 0.25) is 0 Å². The van der Waals surface area contributed by atoms with Crippen molar-refractivity contribution in [2.45, 2.75) is 37.7 Å². The molecule has 204 valence electrons. The Bertz CT molecular complexity index is 1340. The molecule has 11 heteroatoms. The minimum Gasteiger partial charge on any atom is -0.497 e. The molecule has 1 N–H and O–H groups in total. The molecule has 0 aliphatic carbocycles. The lowest BCUT2D eigenvalue weighted by atomic mass is 9.97. The van der Waals surface area contributed by atoms with E-state index >= 15 is 0 Å². The highest BCUT2D eigenvalue weighted by atomic mass is 32.2. The van der Waals surface area contributed by atoms with Crippen LogP contribution in [0, 0.1) is 12.8 Å². The summed E-state index contributed by atoms with van der Waals surface area (Å²) in [4.78, 5) is 29.6. The average Bonchev–Trinajstić information content (AvgIpc) is 2.93. The summed E-state index contributed by atoms with van der Waals surface area (Å²) in [6.07, 6.45) is 0.575. The maximum Gasteiger partial charge on any atom is 0.265 e. The standard InChI is InChI=1S/C27H34N4O6S/c1-18-14-23-24(37-19(2)26(32)28-23)16-25(18)38(34,35)31-9-5-6-20(17-31)27(33)30-12-10-29(11-13-30)21-7-4-8-22(15-21)36-3/h4,7-8,14-16,19-20H,5-6,9-13,17H2,1-3H3,(H,28,32)/t19-,20+/m0/s1. The number of aryl methyl sites for hydroxylation is 1. The first-order valence-electron chi connectivity index (χ1n) is 13.0. The fourth-order valence-corrected chi connectivity index (χ4v) is 7.12. The minimum atomic E-state index is -3.86. The van der Waals surface area contributed by atoms with Crippen LogP contribution in [-0.2, 0) is 19.6 Å². The van der Waals surface area contributed by atoms with E-state index in [0.717, 1.165) is 11.4 Å². The number of amides is 2. The first-order valence-corrected chi connectivity index (χ1v) is 14.4. The van der Waals surface area contributed by atoms with Crippen LogP contribution in [0.5, 0.6) is 11.5 Å². The molecule has 2 amide bonds. The number of nitrogens with zero attached hydrogens (tertiary/aromatic N) is 3. The quantitative estimate of drug-likeness (QED) is 0.618. The molecule has 5 rings (SSSR count). The topological polar surface area (TPSA) is 108 Å². The Balaban J connectivity index is 1.26. The van der Waals surface area contributed by atoms with E-state index in [1.165, 1.54) is 10.4 Å².